The molecule has 0 bridgehead atoms. The van der Waals surface area contributed by atoms with Crippen molar-refractivity contribution in [1.29, 1.82) is 0 Å². The van der Waals surface area contributed by atoms with Crippen LogP contribution in [0.15, 0.2) is 23.6 Å². The van der Waals surface area contributed by atoms with E-state index in [1.165, 1.54) is 5.56 Å². The molecule has 2 rings (SSSR count). The zero-order chi connectivity index (χ0) is 13.8. The molecule has 1 unspecified atom stereocenters. The summed E-state index contributed by atoms with van der Waals surface area (Å²) in [5, 5.41) is 3.20. The van der Waals surface area contributed by atoms with Gasteiger partial charge in [-0.15, -0.1) is 11.3 Å². The molecule has 1 atom stereocenters. The molecule has 1 aromatic heterocycles. The van der Waals surface area contributed by atoms with Gasteiger partial charge in [0, 0.05) is 17.0 Å². The maximum Gasteiger partial charge on any atom is 0.131 e. The van der Waals surface area contributed by atoms with Crippen molar-refractivity contribution in [1.82, 2.24) is 4.98 Å². The lowest BCUT2D eigenvalue weighted by atomic mass is 10.1. The molecule has 4 heteroatoms. The van der Waals surface area contributed by atoms with Crippen LogP contribution in [0, 0.1) is 6.92 Å². The van der Waals surface area contributed by atoms with Crippen molar-refractivity contribution >= 4 is 11.3 Å². The highest BCUT2D eigenvalue weighted by Crippen LogP contribution is 2.26. The predicted octanol–water partition coefficient (Wildman–Crippen LogP) is 3.61. The second-order valence-electron chi connectivity index (χ2n) is 4.70. The van der Waals surface area contributed by atoms with E-state index < -0.39 is 0 Å². The molecule has 0 aliphatic rings. The van der Waals surface area contributed by atoms with Crippen LogP contribution >= 0.6 is 11.3 Å². The Kier molecular flexibility index (Phi) is 4.56. The molecule has 0 spiro atoms. The van der Waals surface area contributed by atoms with E-state index >= 15 is 0 Å². The highest BCUT2D eigenvalue weighted by atomic mass is 32.1. The molecule has 0 saturated heterocycles. The Morgan fingerprint density at radius 2 is 2.21 bits per heavy atom. The quantitative estimate of drug-likeness (QED) is 0.907. The highest BCUT2D eigenvalue weighted by Gasteiger charge is 2.09. The summed E-state index contributed by atoms with van der Waals surface area (Å²) in [6.45, 7) is 6.63. The van der Waals surface area contributed by atoms with E-state index in [9.17, 15) is 0 Å². The Labute approximate surface area is 118 Å². The minimum atomic E-state index is -0.0303. The third-order valence-corrected chi connectivity index (χ3v) is 3.98. The van der Waals surface area contributed by atoms with E-state index in [2.05, 4.69) is 30.3 Å². The van der Waals surface area contributed by atoms with E-state index in [-0.39, 0.29) is 6.04 Å². The molecule has 19 heavy (non-hydrogen) atoms. The van der Waals surface area contributed by atoms with Gasteiger partial charge in [-0.1, -0.05) is 19.1 Å². The van der Waals surface area contributed by atoms with E-state index in [4.69, 9.17) is 10.5 Å². The average Bonchev–Trinajstić information content (AvgIpc) is 2.84. The lowest BCUT2D eigenvalue weighted by Gasteiger charge is -2.14. The average molecular weight is 276 g/mol. The summed E-state index contributed by atoms with van der Waals surface area (Å²) in [5.41, 5.74) is 9.16. The number of rotatable bonds is 5. The summed E-state index contributed by atoms with van der Waals surface area (Å²) < 4.78 is 5.89. The van der Waals surface area contributed by atoms with Crippen LogP contribution in [-0.2, 0) is 13.0 Å². The zero-order valence-corrected chi connectivity index (χ0v) is 12.5. The molecular weight excluding hydrogens is 256 g/mol. The number of aryl methyl sites for hydroxylation is 2. The first-order valence-corrected chi connectivity index (χ1v) is 7.40. The van der Waals surface area contributed by atoms with Gasteiger partial charge in [-0.3, -0.25) is 0 Å². The minimum absolute atomic E-state index is 0.0303. The van der Waals surface area contributed by atoms with Crippen LogP contribution in [0.1, 0.15) is 41.7 Å². The zero-order valence-electron chi connectivity index (χ0n) is 11.6. The fourth-order valence-electron chi connectivity index (χ4n) is 1.87. The molecule has 0 aliphatic heterocycles. The summed E-state index contributed by atoms with van der Waals surface area (Å²) in [7, 11) is 0. The summed E-state index contributed by atoms with van der Waals surface area (Å²) in [6.07, 6.45) is 0.972. The van der Waals surface area contributed by atoms with Crippen molar-refractivity contribution in [2.24, 2.45) is 5.73 Å². The summed E-state index contributed by atoms with van der Waals surface area (Å²) in [5.74, 6) is 0.862. The molecule has 1 aromatic carbocycles. The Morgan fingerprint density at radius 1 is 1.42 bits per heavy atom. The van der Waals surface area contributed by atoms with Gasteiger partial charge in [0.2, 0.25) is 0 Å². The summed E-state index contributed by atoms with van der Waals surface area (Å²) in [4.78, 5) is 4.50. The molecule has 0 aliphatic carbocycles. The van der Waals surface area contributed by atoms with Crippen molar-refractivity contribution in [3.63, 3.8) is 0 Å². The second kappa shape index (κ2) is 6.17. The molecule has 2 N–H and O–H groups in total. The smallest absolute Gasteiger partial charge is 0.131 e. The van der Waals surface area contributed by atoms with Gasteiger partial charge in [0.25, 0.3) is 0 Å². The molecule has 0 radical (unpaired) electrons. The Balaban J connectivity index is 2.12. The van der Waals surface area contributed by atoms with Crippen molar-refractivity contribution in [3.05, 3.63) is 45.4 Å². The van der Waals surface area contributed by atoms with Crippen molar-refractivity contribution < 1.29 is 4.74 Å². The largest absolute Gasteiger partial charge is 0.487 e. The molecule has 0 amide bonds. The summed E-state index contributed by atoms with van der Waals surface area (Å²) >= 11 is 1.68. The van der Waals surface area contributed by atoms with Gasteiger partial charge in [-0.05, 0) is 31.9 Å². The first kappa shape index (κ1) is 14.0. The number of nitrogens with zero attached hydrogens (tertiary/aromatic N) is 1. The Hall–Kier alpha value is -1.39. The standard InChI is InChI=1S/C15H20N2OS/c1-4-15-17-12(9-19-15)8-18-14-7-10(2)5-6-13(14)11(3)16/h5-7,9,11H,4,8,16H2,1-3H3. The van der Waals surface area contributed by atoms with Crippen LogP contribution in [0.25, 0.3) is 0 Å². The maximum absolute atomic E-state index is 5.97. The number of hydrogen-bond donors (Lipinski definition) is 1. The molecular formula is C15H20N2OS. The molecule has 2 aromatic rings. The van der Waals surface area contributed by atoms with E-state index in [1.807, 2.05) is 19.1 Å². The first-order valence-electron chi connectivity index (χ1n) is 6.52. The fourth-order valence-corrected chi connectivity index (χ4v) is 2.60. The van der Waals surface area contributed by atoms with Crippen LogP contribution < -0.4 is 10.5 Å². The van der Waals surface area contributed by atoms with Crippen LogP contribution in [-0.4, -0.2) is 4.98 Å². The van der Waals surface area contributed by atoms with Crippen LogP contribution in [0.4, 0.5) is 0 Å². The van der Waals surface area contributed by atoms with E-state index in [0.717, 1.165) is 28.4 Å². The molecule has 0 fully saturated rings. The van der Waals surface area contributed by atoms with Crippen molar-refractivity contribution in [2.75, 3.05) is 0 Å². The SMILES string of the molecule is CCc1nc(COc2cc(C)ccc2C(C)N)cs1. The highest BCUT2D eigenvalue weighted by molar-refractivity contribution is 7.09. The predicted molar refractivity (Wildman–Crippen MR) is 79.6 cm³/mol. The number of aromatic nitrogens is 1. The van der Waals surface area contributed by atoms with E-state index in [1.54, 1.807) is 11.3 Å². The lowest BCUT2D eigenvalue weighted by Crippen LogP contribution is -2.08. The Bertz CT molecular complexity index is 549. The van der Waals surface area contributed by atoms with Gasteiger partial charge >= 0.3 is 0 Å². The van der Waals surface area contributed by atoms with Gasteiger partial charge in [-0.25, -0.2) is 4.98 Å². The van der Waals surface area contributed by atoms with E-state index in [0.29, 0.717) is 6.61 Å². The molecule has 1 heterocycles. The number of nitrogens with two attached hydrogens (primary N) is 1. The number of benzene rings is 1. The number of hydrogen-bond acceptors (Lipinski definition) is 4. The van der Waals surface area contributed by atoms with Crippen LogP contribution in [0.3, 0.4) is 0 Å². The third-order valence-electron chi connectivity index (χ3n) is 2.94. The van der Waals surface area contributed by atoms with Gasteiger partial charge in [0.05, 0.1) is 10.7 Å². The first-order chi connectivity index (χ1) is 9.10. The molecule has 0 saturated carbocycles. The Morgan fingerprint density at radius 3 is 2.84 bits per heavy atom. The topological polar surface area (TPSA) is 48.1 Å². The number of ether oxygens (including phenoxy) is 1. The van der Waals surface area contributed by atoms with Crippen LogP contribution in [0.2, 0.25) is 0 Å². The van der Waals surface area contributed by atoms with Crippen molar-refractivity contribution in [2.45, 2.75) is 39.8 Å². The normalized spacial score (nSPS) is 12.4. The van der Waals surface area contributed by atoms with Crippen LogP contribution in [0.5, 0.6) is 5.75 Å². The van der Waals surface area contributed by atoms with Gasteiger partial charge in [0.15, 0.2) is 0 Å². The second-order valence-corrected chi connectivity index (χ2v) is 5.65. The monoisotopic (exact) mass is 276 g/mol. The maximum atomic E-state index is 5.97. The summed E-state index contributed by atoms with van der Waals surface area (Å²) in [6, 6.07) is 6.10. The molecule has 3 nitrogen and oxygen atoms in total. The van der Waals surface area contributed by atoms with Gasteiger partial charge < -0.3 is 10.5 Å². The van der Waals surface area contributed by atoms with Gasteiger partial charge in [-0.2, -0.15) is 0 Å². The van der Waals surface area contributed by atoms with Crippen molar-refractivity contribution in [3.8, 4) is 5.75 Å². The van der Waals surface area contributed by atoms with Gasteiger partial charge in [0.1, 0.15) is 12.4 Å². The lowest BCUT2D eigenvalue weighted by molar-refractivity contribution is 0.297. The fraction of sp³-hybridized carbons (Fsp3) is 0.400. The third kappa shape index (κ3) is 3.55. The molecule has 102 valence electrons. The minimum Gasteiger partial charge on any atom is -0.487 e. The number of thiazole rings is 1.